The molecule has 0 aliphatic carbocycles. The maximum Gasteiger partial charge on any atom is 0.0457 e. The zero-order chi connectivity index (χ0) is 14.9. The van der Waals surface area contributed by atoms with Crippen molar-refractivity contribution in [1.29, 1.82) is 0 Å². The van der Waals surface area contributed by atoms with Gasteiger partial charge in [-0.15, -0.1) is 0 Å². The Balaban J connectivity index is 1.57. The lowest BCUT2D eigenvalue weighted by Crippen LogP contribution is -2.19. The molecule has 1 fully saturated rings. The number of benzene rings is 2. The van der Waals surface area contributed by atoms with Crippen molar-refractivity contribution >= 4 is 26.8 Å². The monoisotopic (exact) mass is 354 g/mol. The van der Waals surface area contributed by atoms with Crippen LogP contribution in [-0.4, -0.2) is 23.0 Å². The van der Waals surface area contributed by atoms with Crippen LogP contribution in [-0.2, 0) is 6.54 Å². The topological polar surface area (TPSA) is 19.0 Å². The number of H-pyrrole nitrogens is 1. The fraction of sp³-hybridized carbons (Fsp3) is 0.263. The third-order valence-electron chi connectivity index (χ3n) is 4.65. The molecule has 0 saturated carbocycles. The predicted molar refractivity (Wildman–Crippen MR) is 95.1 cm³/mol. The van der Waals surface area contributed by atoms with Gasteiger partial charge in [0.25, 0.3) is 0 Å². The van der Waals surface area contributed by atoms with Gasteiger partial charge in [0.1, 0.15) is 0 Å². The molecule has 1 saturated heterocycles. The molecule has 3 heteroatoms. The number of halogens is 1. The van der Waals surface area contributed by atoms with E-state index in [1.807, 2.05) is 6.20 Å². The Kier molecular flexibility index (Phi) is 3.77. The lowest BCUT2D eigenvalue weighted by Gasteiger charge is -2.17. The van der Waals surface area contributed by atoms with E-state index in [9.17, 15) is 0 Å². The molecule has 1 aromatic heterocycles. The summed E-state index contributed by atoms with van der Waals surface area (Å²) in [5.41, 5.74) is 4.11. The van der Waals surface area contributed by atoms with E-state index < -0.39 is 0 Å². The fourth-order valence-electron chi connectivity index (χ4n) is 3.60. The minimum absolute atomic E-state index is 0.609. The highest BCUT2D eigenvalue weighted by Gasteiger charge is 2.26. The van der Waals surface area contributed by atoms with Crippen LogP contribution in [0.2, 0.25) is 0 Å². The SMILES string of the molecule is Brc1ccc2[nH]ccc2c1C1CCN(Cc2ccccc2)C1. The molecular formula is C19H19BrN2. The minimum Gasteiger partial charge on any atom is -0.361 e. The van der Waals surface area contributed by atoms with Gasteiger partial charge in [-0.3, -0.25) is 4.90 Å². The highest BCUT2D eigenvalue weighted by Crippen LogP contribution is 2.37. The quantitative estimate of drug-likeness (QED) is 0.707. The lowest BCUT2D eigenvalue weighted by molar-refractivity contribution is 0.327. The first kappa shape index (κ1) is 14.0. The molecule has 2 heterocycles. The molecule has 1 aliphatic rings. The molecule has 1 atom stereocenters. The second kappa shape index (κ2) is 5.90. The summed E-state index contributed by atoms with van der Waals surface area (Å²) in [6.07, 6.45) is 3.27. The van der Waals surface area contributed by atoms with Crippen molar-refractivity contribution in [1.82, 2.24) is 9.88 Å². The van der Waals surface area contributed by atoms with Crippen LogP contribution in [0.1, 0.15) is 23.5 Å². The Morgan fingerprint density at radius 1 is 1.09 bits per heavy atom. The number of nitrogens with zero attached hydrogens (tertiary/aromatic N) is 1. The first-order valence-electron chi connectivity index (χ1n) is 7.83. The van der Waals surface area contributed by atoms with E-state index in [0.29, 0.717) is 5.92 Å². The van der Waals surface area contributed by atoms with Gasteiger partial charge in [0.2, 0.25) is 0 Å². The average molecular weight is 355 g/mol. The van der Waals surface area contributed by atoms with E-state index in [1.165, 1.54) is 39.5 Å². The Morgan fingerprint density at radius 3 is 2.82 bits per heavy atom. The summed E-state index contributed by atoms with van der Waals surface area (Å²) < 4.78 is 1.24. The normalized spacial score (nSPS) is 19.0. The van der Waals surface area contributed by atoms with Crippen LogP contribution in [0.4, 0.5) is 0 Å². The van der Waals surface area contributed by atoms with E-state index in [1.54, 1.807) is 0 Å². The summed E-state index contributed by atoms with van der Waals surface area (Å²) in [5, 5.41) is 1.36. The van der Waals surface area contributed by atoms with Crippen LogP contribution in [0, 0.1) is 0 Å². The standard InChI is InChI=1S/C19H19BrN2/c20-17-6-7-18-16(8-10-21-18)19(17)15-9-11-22(13-15)12-14-4-2-1-3-5-14/h1-8,10,15,21H,9,11-13H2. The van der Waals surface area contributed by atoms with Crippen LogP contribution in [0.25, 0.3) is 10.9 Å². The second-order valence-corrected chi connectivity index (χ2v) is 6.96. The van der Waals surface area contributed by atoms with Crippen molar-refractivity contribution in [3.05, 3.63) is 70.3 Å². The summed E-state index contributed by atoms with van der Waals surface area (Å²) in [6.45, 7) is 3.36. The molecule has 2 nitrogen and oxygen atoms in total. The summed E-state index contributed by atoms with van der Waals surface area (Å²) in [6, 6.07) is 17.3. The van der Waals surface area contributed by atoms with Crippen molar-refractivity contribution in [2.75, 3.05) is 13.1 Å². The first-order valence-corrected chi connectivity index (χ1v) is 8.62. The molecule has 3 aromatic rings. The van der Waals surface area contributed by atoms with Crippen LogP contribution in [0.5, 0.6) is 0 Å². The fourth-order valence-corrected chi connectivity index (χ4v) is 4.27. The second-order valence-electron chi connectivity index (χ2n) is 6.11. The molecule has 1 unspecified atom stereocenters. The minimum atomic E-state index is 0.609. The zero-order valence-electron chi connectivity index (χ0n) is 12.4. The van der Waals surface area contributed by atoms with Gasteiger partial charge in [-0.2, -0.15) is 0 Å². The van der Waals surface area contributed by atoms with Gasteiger partial charge in [-0.25, -0.2) is 0 Å². The van der Waals surface area contributed by atoms with Crippen LogP contribution < -0.4 is 0 Å². The molecule has 22 heavy (non-hydrogen) atoms. The summed E-state index contributed by atoms with van der Waals surface area (Å²) in [5.74, 6) is 0.609. The molecule has 0 bridgehead atoms. The number of rotatable bonds is 3. The van der Waals surface area contributed by atoms with Gasteiger partial charge in [0.15, 0.2) is 0 Å². The van der Waals surface area contributed by atoms with Gasteiger partial charge in [0.05, 0.1) is 0 Å². The van der Waals surface area contributed by atoms with Crippen molar-refractivity contribution in [3.8, 4) is 0 Å². The van der Waals surface area contributed by atoms with Crippen molar-refractivity contribution in [2.45, 2.75) is 18.9 Å². The molecule has 1 N–H and O–H groups in total. The van der Waals surface area contributed by atoms with Crippen molar-refractivity contribution in [2.24, 2.45) is 0 Å². The van der Waals surface area contributed by atoms with Crippen LogP contribution in [0.3, 0.4) is 0 Å². The number of aromatic amines is 1. The van der Waals surface area contributed by atoms with E-state index in [4.69, 9.17) is 0 Å². The van der Waals surface area contributed by atoms with Crippen molar-refractivity contribution in [3.63, 3.8) is 0 Å². The summed E-state index contributed by atoms with van der Waals surface area (Å²) in [4.78, 5) is 5.89. The summed E-state index contributed by atoms with van der Waals surface area (Å²) in [7, 11) is 0. The van der Waals surface area contributed by atoms with E-state index in [-0.39, 0.29) is 0 Å². The number of hydrogen-bond donors (Lipinski definition) is 1. The highest BCUT2D eigenvalue weighted by molar-refractivity contribution is 9.10. The van der Waals surface area contributed by atoms with Gasteiger partial charge >= 0.3 is 0 Å². The van der Waals surface area contributed by atoms with Gasteiger partial charge in [0, 0.05) is 34.7 Å². The van der Waals surface area contributed by atoms with Gasteiger partial charge in [-0.1, -0.05) is 46.3 Å². The third kappa shape index (κ3) is 2.59. The Bertz CT molecular complexity index is 778. The van der Waals surface area contributed by atoms with Crippen LogP contribution in [0.15, 0.2) is 59.2 Å². The predicted octanol–water partition coefficient (Wildman–Crippen LogP) is 4.92. The summed E-state index contributed by atoms with van der Waals surface area (Å²) >= 11 is 3.77. The zero-order valence-corrected chi connectivity index (χ0v) is 14.0. The number of aromatic nitrogens is 1. The molecule has 0 radical (unpaired) electrons. The number of hydrogen-bond acceptors (Lipinski definition) is 1. The smallest absolute Gasteiger partial charge is 0.0457 e. The molecule has 0 amide bonds. The number of nitrogens with one attached hydrogen (secondary N) is 1. The van der Waals surface area contributed by atoms with E-state index in [2.05, 4.69) is 74.3 Å². The van der Waals surface area contributed by atoms with Crippen LogP contribution >= 0.6 is 15.9 Å². The Hall–Kier alpha value is -1.58. The first-order chi connectivity index (χ1) is 10.8. The Labute approximate surface area is 139 Å². The molecule has 4 rings (SSSR count). The number of likely N-dealkylation sites (tertiary alicyclic amines) is 1. The average Bonchev–Trinajstić information content (AvgIpc) is 3.17. The molecular weight excluding hydrogens is 336 g/mol. The van der Waals surface area contributed by atoms with E-state index in [0.717, 1.165) is 13.1 Å². The van der Waals surface area contributed by atoms with Gasteiger partial charge in [-0.05, 0) is 48.2 Å². The molecule has 1 aliphatic heterocycles. The van der Waals surface area contributed by atoms with Crippen molar-refractivity contribution < 1.29 is 0 Å². The largest absolute Gasteiger partial charge is 0.361 e. The molecule has 0 spiro atoms. The third-order valence-corrected chi connectivity index (χ3v) is 5.34. The highest BCUT2D eigenvalue weighted by atomic mass is 79.9. The number of fused-ring (bicyclic) bond motifs is 1. The maximum absolute atomic E-state index is 3.77. The molecule has 2 aromatic carbocycles. The van der Waals surface area contributed by atoms with E-state index >= 15 is 0 Å². The molecule has 112 valence electrons. The lowest BCUT2D eigenvalue weighted by atomic mass is 9.95. The Morgan fingerprint density at radius 2 is 1.95 bits per heavy atom. The maximum atomic E-state index is 3.77. The van der Waals surface area contributed by atoms with Gasteiger partial charge < -0.3 is 4.98 Å².